The Hall–Kier alpha value is -1.75. The van der Waals surface area contributed by atoms with Crippen LogP contribution in [0.5, 0.6) is 0 Å². The maximum atomic E-state index is 9.52. The van der Waals surface area contributed by atoms with Crippen LogP contribution in [0.15, 0.2) is 0 Å². The fraction of sp³-hybridized carbons (Fsp3) is 0.769. The smallest absolute Gasteiger partial charge is 0.229 e. The first-order valence-electron chi connectivity index (χ1n) is 7.62. The topological polar surface area (TPSA) is 170 Å². The van der Waals surface area contributed by atoms with Crippen LogP contribution in [0, 0.1) is 0 Å². The number of rotatable bonds is 12. The van der Waals surface area contributed by atoms with E-state index in [1.54, 1.807) is 0 Å². The Morgan fingerprint density at radius 3 is 1.61 bits per heavy atom. The molecule has 2 unspecified atom stereocenters. The predicted molar refractivity (Wildman–Crippen MR) is 85.9 cm³/mol. The molecule has 2 atom stereocenters. The number of nitrogens with two attached hydrogens (primary N) is 1. The monoisotopic (exact) mass is 330 g/mol. The van der Waals surface area contributed by atoms with Gasteiger partial charge in [0.25, 0.3) is 0 Å². The molecule has 0 radical (unpaired) electrons. The molecular formula is C13H26N6O4. The molecule has 0 saturated heterocycles. The van der Waals surface area contributed by atoms with Gasteiger partial charge >= 0.3 is 0 Å². The van der Waals surface area contributed by atoms with Crippen molar-refractivity contribution in [2.45, 2.75) is 37.9 Å². The number of hydrogen-bond acceptors (Lipinski definition) is 10. The lowest BCUT2D eigenvalue weighted by molar-refractivity contribution is 0.127. The summed E-state index contributed by atoms with van der Waals surface area (Å²) in [6.07, 6.45) is 0.369. The van der Waals surface area contributed by atoms with Gasteiger partial charge in [-0.3, -0.25) is 0 Å². The highest BCUT2D eigenvalue weighted by atomic mass is 16.3. The summed E-state index contributed by atoms with van der Waals surface area (Å²) in [6, 6.07) is 0. The summed E-state index contributed by atoms with van der Waals surface area (Å²) in [5.41, 5.74) is 5.61. The Bertz CT molecular complexity index is 414. The molecule has 0 bridgehead atoms. The van der Waals surface area contributed by atoms with Gasteiger partial charge in [0.15, 0.2) is 0 Å². The fourth-order valence-corrected chi connectivity index (χ4v) is 1.84. The molecule has 0 amide bonds. The lowest BCUT2D eigenvalue weighted by Gasteiger charge is -2.12. The van der Waals surface area contributed by atoms with E-state index in [4.69, 9.17) is 15.9 Å². The number of hydrogen-bond donors (Lipinski definition) is 7. The fourth-order valence-electron chi connectivity index (χ4n) is 1.84. The molecule has 0 saturated carbocycles. The van der Waals surface area contributed by atoms with Gasteiger partial charge in [-0.25, -0.2) is 0 Å². The van der Waals surface area contributed by atoms with Crippen molar-refractivity contribution in [3.05, 3.63) is 0 Å². The third-order valence-electron chi connectivity index (χ3n) is 3.10. The molecule has 1 rings (SSSR count). The van der Waals surface area contributed by atoms with E-state index >= 15 is 0 Å². The van der Waals surface area contributed by atoms with Crippen LogP contribution in [0.1, 0.15) is 25.7 Å². The van der Waals surface area contributed by atoms with Crippen LogP contribution in [0.2, 0.25) is 0 Å². The van der Waals surface area contributed by atoms with Crippen LogP contribution in [-0.2, 0) is 0 Å². The standard InChI is InChI=1S/C13H26N6O4/c14-11-17-12(15-5-1-9(22)3-7-20)19-13(18-11)16-6-2-10(23)4-8-21/h9-10,20-23H,1-8H2,(H4,14,15,16,17,18,19). The summed E-state index contributed by atoms with van der Waals surface area (Å²) < 4.78 is 0. The van der Waals surface area contributed by atoms with Gasteiger partial charge in [-0.2, -0.15) is 15.0 Å². The third-order valence-corrected chi connectivity index (χ3v) is 3.10. The van der Waals surface area contributed by atoms with E-state index in [0.717, 1.165) is 0 Å². The molecule has 0 fully saturated rings. The molecule has 1 aromatic heterocycles. The molecule has 10 nitrogen and oxygen atoms in total. The van der Waals surface area contributed by atoms with E-state index in [1.165, 1.54) is 0 Å². The largest absolute Gasteiger partial charge is 0.396 e. The Morgan fingerprint density at radius 1 is 0.783 bits per heavy atom. The Morgan fingerprint density at radius 2 is 1.22 bits per heavy atom. The maximum absolute atomic E-state index is 9.52. The van der Waals surface area contributed by atoms with Crippen LogP contribution < -0.4 is 16.4 Å². The van der Waals surface area contributed by atoms with E-state index in [9.17, 15) is 10.2 Å². The van der Waals surface area contributed by atoms with E-state index < -0.39 is 12.2 Å². The average Bonchev–Trinajstić information content (AvgIpc) is 2.47. The Kier molecular flexibility index (Phi) is 9.14. The normalized spacial score (nSPS) is 13.6. The van der Waals surface area contributed by atoms with Gasteiger partial charge in [-0.15, -0.1) is 0 Å². The Labute approximate surface area is 134 Å². The van der Waals surface area contributed by atoms with Gasteiger partial charge in [0.05, 0.1) is 12.2 Å². The van der Waals surface area contributed by atoms with Crippen LogP contribution in [0.3, 0.4) is 0 Å². The minimum atomic E-state index is -0.586. The number of anilines is 3. The average molecular weight is 330 g/mol. The van der Waals surface area contributed by atoms with Crippen molar-refractivity contribution in [3.8, 4) is 0 Å². The third kappa shape index (κ3) is 8.45. The zero-order chi connectivity index (χ0) is 17.1. The molecule has 1 aromatic rings. The van der Waals surface area contributed by atoms with Crippen LogP contribution in [0.25, 0.3) is 0 Å². The number of nitrogens with one attached hydrogen (secondary N) is 2. The summed E-state index contributed by atoms with van der Waals surface area (Å²) in [7, 11) is 0. The summed E-state index contributed by atoms with van der Waals surface area (Å²) in [6.45, 7) is 0.741. The van der Waals surface area contributed by atoms with Crippen molar-refractivity contribution in [1.82, 2.24) is 15.0 Å². The van der Waals surface area contributed by atoms with E-state index in [2.05, 4.69) is 25.6 Å². The molecule has 23 heavy (non-hydrogen) atoms. The summed E-state index contributed by atoms with van der Waals surface area (Å²) >= 11 is 0. The number of nitrogen functional groups attached to an aromatic ring is 1. The maximum Gasteiger partial charge on any atom is 0.229 e. The van der Waals surface area contributed by atoms with E-state index in [-0.39, 0.29) is 31.1 Å². The minimum Gasteiger partial charge on any atom is -0.396 e. The molecule has 0 aliphatic heterocycles. The zero-order valence-corrected chi connectivity index (χ0v) is 13.0. The molecule has 0 aromatic carbocycles. The van der Waals surface area contributed by atoms with E-state index in [1.807, 2.05) is 0 Å². The highest BCUT2D eigenvalue weighted by Crippen LogP contribution is 2.08. The lowest BCUT2D eigenvalue weighted by Crippen LogP contribution is -2.18. The molecule has 0 spiro atoms. The van der Waals surface area contributed by atoms with Crippen LogP contribution in [-0.4, -0.2) is 73.9 Å². The SMILES string of the molecule is Nc1nc(NCCC(O)CCO)nc(NCCC(O)CCO)n1. The van der Waals surface area contributed by atoms with Gasteiger partial charge in [-0.05, 0) is 25.7 Å². The number of aliphatic hydroxyl groups is 4. The number of aromatic nitrogens is 3. The second-order valence-corrected chi connectivity index (χ2v) is 5.10. The predicted octanol–water partition coefficient (Wildman–Crippen LogP) is -1.46. The molecule has 0 aliphatic carbocycles. The second kappa shape index (κ2) is 10.9. The molecule has 8 N–H and O–H groups in total. The van der Waals surface area contributed by atoms with Crippen molar-refractivity contribution < 1.29 is 20.4 Å². The highest BCUT2D eigenvalue weighted by molar-refractivity contribution is 5.39. The highest BCUT2D eigenvalue weighted by Gasteiger charge is 2.07. The first kappa shape index (κ1) is 19.3. The quantitative estimate of drug-likeness (QED) is 0.240. The summed E-state index contributed by atoms with van der Waals surface area (Å²) in [5, 5.41) is 42.3. The van der Waals surface area contributed by atoms with Crippen molar-refractivity contribution >= 4 is 17.8 Å². The molecule has 10 heteroatoms. The number of aliphatic hydroxyl groups excluding tert-OH is 4. The van der Waals surface area contributed by atoms with E-state index in [0.29, 0.717) is 38.8 Å². The first-order chi connectivity index (χ1) is 11.0. The molecule has 1 heterocycles. The molecule has 0 aliphatic rings. The molecule has 132 valence electrons. The van der Waals surface area contributed by atoms with Crippen molar-refractivity contribution in [1.29, 1.82) is 0 Å². The lowest BCUT2D eigenvalue weighted by atomic mass is 10.2. The van der Waals surface area contributed by atoms with Gasteiger partial charge in [0.1, 0.15) is 0 Å². The van der Waals surface area contributed by atoms with Crippen LogP contribution in [0.4, 0.5) is 17.8 Å². The van der Waals surface area contributed by atoms with Crippen molar-refractivity contribution in [2.75, 3.05) is 42.7 Å². The van der Waals surface area contributed by atoms with Gasteiger partial charge < -0.3 is 36.8 Å². The minimum absolute atomic E-state index is 0.0526. The van der Waals surface area contributed by atoms with Gasteiger partial charge in [0, 0.05) is 26.3 Å². The number of nitrogens with zero attached hydrogens (tertiary/aromatic N) is 3. The summed E-state index contributed by atoms with van der Waals surface area (Å²) in [4.78, 5) is 12.0. The second-order valence-electron chi connectivity index (χ2n) is 5.10. The zero-order valence-electron chi connectivity index (χ0n) is 13.0. The van der Waals surface area contributed by atoms with Crippen molar-refractivity contribution in [2.24, 2.45) is 0 Å². The van der Waals surface area contributed by atoms with Gasteiger partial charge in [0.2, 0.25) is 17.8 Å². The van der Waals surface area contributed by atoms with Gasteiger partial charge in [-0.1, -0.05) is 0 Å². The Balaban J connectivity index is 2.42. The van der Waals surface area contributed by atoms with Crippen molar-refractivity contribution in [3.63, 3.8) is 0 Å². The summed E-state index contributed by atoms with van der Waals surface area (Å²) in [5.74, 6) is 0.621. The van der Waals surface area contributed by atoms with Crippen LogP contribution >= 0.6 is 0 Å². The first-order valence-corrected chi connectivity index (χ1v) is 7.62. The molecular weight excluding hydrogens is 304 g/mol.